The van der Waals surface area contributed by atoms with Crippen molar-refractivity contribution in [2.45, 2.75) is 39.0 Å². The highest BCUT2D eigenvalue weighted by Crippen LogP contribution is 2.42. The summed E-state index contributed by atoms with van der Waals surface area (Å²) in [5.74, 6) is 0.0937. The van der Waals surface area contributed by atoms with Gasteiger partial charge in [0.25, 0.3) is 5.69 Å². The molecule has 17 heavy (non-hydrogen) atoms. The molecule has 0 saturated heterocycles. The summed E-state index contributed by atoms with van der Waals surface area (Å²) in [6.07, 6.45) is 2.33. The number of nitro benzene ring substituents is 1. The first-order chi connectivity index (χ1) is 8.06. The molecule has 1 aliphatic rings. The second kappa shape index (κ2) is 4.28. The SMILES string of the molecule is CCCC1CC(=O)c2c([N+](=O)[O-])ccc(C)c21. The van der Waals surface area contributed by atoms with Crippen molar-refractivity contribution in [3.63, 3.8) is 0 Å². The van der Waals surface area contributed by atoms with E-state index in [2.05, 4.69) is 6.92 Å². The minimum absolute atomic E-state index is 0.0331. The lowest BCUT2D eigenvalue weighted by Gasteiger charge is -2.11. The second-order valence-corrected chi connectivity index (χ2v) is 4.56. The Bertz CT molecular complexity index is 494. The van der Waals surface area contributed by atoms with Crippen LogP contribution in [0, 0.1) is 17.0 Å². The van der Waals surface area contributed by atoms with Crippen LogP contribution in [0.5, 0.6) is 0 Å². The largest absolute Gasteiger partial charge is 0.294 e. The van der Waals surface area contributed by atoms with E-state index in [1.54, 1.807) is 6.07 Å². The van der Waals surface area contributed by atoms with Crippen LogP contribution in [-0.2, 0) is 0 Å². The van der Waals surface area contributed by atoms with Crippen LogP contribution < -0.4 is 0 Å². The second-order valence-electron chi connectivity index (χ2n) is 4.56. The third-order valence-electron chi connectivity index (χ3n) is 3.39. The Morgan fingerprint density at radius 3 is 2.76 bits per heavy atom. The van der Waals surface area contributed by atoms with Crippen molar-refractivity contribution in [3.05, 3.63) is 38.9 Å². The van der Waals surface area contributed by atoms with Crippen LogP contribution in [0.25, 0.3) is 0 Å². The third kappa shape index (κ3) is 1.84. The number of nitrogens with zero attached hydrogens (tertiary/aromatic N) is 1. The molecule has 2 rings (SSSR count). The monoisotopic (exact) mass is 233 g/mol. The standard InChI is InChI=1S/C13H15NO3/c1-3-4-9-7-11(15)13-10(14(16)17)6-5-8(2)12(9)13/h5-6,9H,3-4,7H2,1-2H3. The normalized spacial score (nSPS) is 18.2. The number of carbonyl (C=O) groups excluding carboxylic acids is 1. The topological polar surface area (TPSA) is 60.2 Å². The number of benzene rings is 1. The van der Waals surface area contributed by atoms with E-state index in [4.69, 9.17) is 0 Å². The lowest BCUT2D eigenvalue weighted by atomic mass is 9.92. The van der Waals surface area contributed by atoms with Crippen molar-refractivity contribution < 1.29 is 9.72 Å². The van der Waals surface area contributed by atoms with Gasteiger partial charge in [-0.3, -0.25) is 14.9 Å². The number of rotatable bonds is 3. The van der Waals surface area contributed by atoms with Gasteiger partial charge in [-0.1, -0.05) is 19.4 Å². The smallest absolute Gasteiger partial charge is 0.280 e. The molecule has 0 heterocycles. The number of nitro groups is 1. The van der Waals surface area contributed by atoms with E-state index in [0.717, 1.165) is 24.0 Å². The fourth-order valence-electron chi connectivity index (χ4n) is 2.71. The number of aryl methyl sites for hydroxylation is 1. The lowest BCUT2D eigenvalue weighted by molar-refractivity contribution is -0.385. The maximum atomic E-state index is 11.9. The number of hydrogen-bond donors (Lipinski definition) is 0. The van der Waals surface area contributed by atoms with Crippen LogP contribution in [0.1, 0.15) is 53.6 Å². The molecule has 0 aliphatic heterocycles. The highest BCUT2D eigenvalue weighted by Gasteiger charge is 2.36. The van der Waals surface area contributed by atoms with E-state index < -0.39 is 4.92 Å². The zero-order chi connectivity index (χ0) is 12.6. The van der Waals surface area contributed by atoms with E-state index in [0.29, 0.717) is 12.0 Å². The summed E-state index contributed by atoms with van der Waals surface area (Å²) in [6, 6.07) is 3.19. The van der Waals surface area contributed by atoms with E-state index in [1.807, 2.05) is 6.92 Å². The van der Waals surface area contributed by atoms with Gasteiger partial charge in [-0.25, -0.2) is 0 Å². The van der Waals surface area contributed by atoms with Crippen LogP contribution in [0.15, 0.2) is 12.1 Å². The highest BCUT2D eigenvalue weighted by molar-refractivity contribution is 6.05. The highest BCUT2D eigenvalue weighted by atomic mass is 16.6. The molecule has 0 radical (unpaired) electrons. The molecule has 4 heteroatoms. The fourth-order valence-corrected chi connectivity index (χ4v) is 2.71. The maximum absolute atomic E-state index is 11.9. The van der Waals surface area contributed by atoms with Gasteiger partial charge in [0.2, 0.25) is 0 Å². The van der Waals surface area contributed by atoms with Gasteiger partial charge < -0.3 is 0 Å². The summed E-state index contributed by atoms with van der Waals surface area (Å²) in [6.45, 7) is 3.99. The van der Waals surface area contributed by atoms with Gasteiger partial charge in [-0.05, 0) is 30.4 Å². The predicted octanol–water partition coefficient (Wildman–Crippen LogP) is 3.37. The molecule has 0 amide bonds. The van der Waals surface area contributed by atoms with Crippen molar-refractivity contribution in [1.82, 2.24) is 0 Å². The number of fused-ring (bicyclic) bond motifs is 1. The van der Waals surface area contributed by atoms with E-state index >= 15 is 0 Å². The zero-order valence-corrected chi connectivity index (χ0v) is 10.0. The van der Waals surface area contributed by atoms with Gasteiger partial charge in [0, 0.05) is 12.5 Å². The summed E-state index contributed by atoms with van der Waals surface area (Å²) in [5.41, 5.74) is 2.23. The first kappa shape index (κ1) is 11.8. The maximum Gasteiger partial charge on any atom is 0.280 e. The molecular weight excluding hydrogens is 218 g/mol. The fraction of sp³-hybridized carbons (Fsp3) is 0.462. The van der Waals surface area contributed by atoms with Gasteiger partial charge in [0.05, 0.1) is 10.5 Å². The molecule has 0 N–H and O–H groups in total. The van der Waals surface area contributed by atoms with Gasteiger partial charge in [-0.2, -0.15) is 0 Å². The molecule has 1 aliphatic carbocycles. The lowest BCUT2D eigenvalue weighted by Crippen LogP contribution is -2.01. The zero-order valence-electron chi connectivity index (χ0n) is 10.0. The van der Waals surface area contributed by atoms with Crippen LogP contribution in [0.4, 0.5) is 5.69 Å². The Kier molecular flexibility index (Phi) is 2.96. The quantitative estimate of drug-likeness (QED) is 0.594. The number of Topliss-reactive ketones (excluding diaryl/α,β-unsaturated/α-hetero) is 1. The molecule has 0 saturated carbocycles. The minimum atomic E-state index is -0.454. The molecule has 1 aromatic rings. The van der Waals surface area contributed by atoms with Gasteiger partial charge >= 0.3 is 0 Å². The number of carbonyl (C=O) groups is 1. The molecule has 1 unspecified atom stereocenters. The molecule has 0 fully saturated rings. The molecule has 1 aromatic carbocycles. The summed E-state index contributed by atoms with van der Waals surface area (Å²) in [7, 11) is 0. The van der Waals surface area contributed by atoms with Gasteiger partial charge in [-0.15, -0.1) is 0 Å². The van der Waals surface area contributed by atoms with Crippen molar-refractivity contribution in [3.8, 4) is 0 Å². The first-order valence-corrected chi connectivity index (χ1v) is 5.87. The summed E-state index contributed by atoms with van der Waals surface area (Å²) >= 11 is 0. The van der Waals surface area contributed by atoms with Crippen LogP contribution in [0.3, 0.4) is 0 Å². The number of ketones is 1. The van der Waals surface area contributed by atoms with Gasteiger partial charge in [0.1, 0.15) is 0 Å². The molecule has 0 bridgehead atoms. The summed E-state index contributed by atoms with van der Waals surface area (Å²) in [5, 5.41) is 10.9. The summed E-state index contributed by atoms with van der Waals surface area (Å²) in [4.78, 5) is 22.4. The van der Waals surface area contributed by atoms with Crippen molar-refractivity contribution in [1.29, 1.82) is 0 Å². The van der Waals surface area contributed by atoms with Gasteiger partial charge in [0.15, 0.2) is 5.78 Å². The van der Waals surface area contributed by atoms with Crippen molar-refractivity contribution in [2.75, 3.05) is 0 Å². The average Bonchev–Trinajstić information content (AvgIpc) is 2.58. The third-order valence-corrected chi connectivity index (χ3v) is 3.39. The van der Waals surface area contributed by atoms with Crippen molar-refractivity contribution in [2.24, 2.45) is 0 Å². The predicted molar refractivity (Wildman–Crippen MR) is 64.4 cm³/mol. The Morgan fingerprint density at radius 2 is 2.18 bits per heavy atom. The minimum Gasteiger partial charge on any atom is -0.294 e. The molecule has 1 atom stereocenters. The Hall–Kier alpha value is -1.71. The number of hydrogen-bond acceptors (Lipinski definition) is 3. The molecular formula is C13H15NO3. The van der Waals surface area contributed by atoms with Crippen LogP contribution in [0.2, 0.25) is 0 Å². The van der Waals surface area contributed by atoms with Crippen molar-refractivity contribution >= 4 is 11.5 Å². The first-order valence-electron chi connectivity index (χ1n) is 5.87. The Morgan fingerprint density at radius 1 is 1.47 bits per heavy atom. The molecule has 90 valence electrons. The molecule has 4 nitrogen and oxygen atoms in total. The molecule has 0 spiro atoms. The van der Waals surface area contributed by atoms with Crippen LogP contribution in [-0.4, -0.2) is 10.7 Å². The van der Waals surface area contributed by atoms with Crippen LogP contribution >= 0.6 is 0 Å². The van der Waals surface area contributed by atoms with E-state index in [9.17, 15) is 14.9 Å². The molecule has 0 aromatic heterocycles. The Balaban J connectivity index is 2.61. The average molecular weight is 233 g/mol. The van der Waals surface area contributed by atoms with E-state index in [1.165, 1.54) is 6.07 Å². The Labute approximate surface area is 99.8 Å². The van der Waals surface area contributed by atoms with E-state index in [-0.39, 0.29) is 17.4 Å². The summed E-state index contributed by atoms with van der Waals surface area (Å²) < 4.78 is 0.